The zero-order valence-electron chi connectivity index (χ0n) is 7.19. The van der Waals surface area contributed by atoms with Crippen LogP contribution in [0.4, 0.5) is 5.69 Å². The monoisotopic (exact) mass is 205 g/mol. The molecule has 0 aromatic heterocycles. The Bertz CT molecular complexity index is 632. The average Bonchev–Trinajstić information content (AvgIpc) is 2.15. The maximum absolute atomic E-state index is 11.4. The number of anilines is 1. The molecule has 1 N–H and O–H groups in total. The summed E-state index contributed by atoms with van der Waals surface area (Å²) in [5, 5.41) is 1.75. The Morgan fingerprint density at radius 2 is 1.79 bits per heavy atom. The fourth-order valence-corrected chi connectivity index (χ4v) is 3.05. The molecule has 0 fully saturated rings. The van der Waals surface area contributed by atoms with Gasteiger partial charge in [0.2, 0.25) is 0 Å². The van der Waals surface area contributed by atoms with Crippen molar-refractivity contribution in [1.82, 2.24) is 0 Å². The van der Waals surface area contributed by atoms with Crippen molar-refractivity contribution in [3.8, 4) is 0 Å². The Labute approximate surface area is 81.4 Å². The van der Waals surface area contributed by atoms with Crippen LogP contribution in [0.2, 0.25) is 0 Å². The van der Waals surface area contributed by atoms with E-state index in [-0.39, 0.29) is 0 Å². The maximum atomic E-state index is 11.4. The van der Waals surface area contributed by atoms with Gasteiger partial charge >= 0.3 is 0 Å². The van der Waals surface area contributed by atoms with E-state index in [1.165, 1.54) is 0 Å². The number of sulfonamides is 1. The second-order valence-corrected chi connectivity index (χ2v) is 4.89. The van der Waals surface area contributed by atoms with Crippen LogP contribution in [0.5, 0.6) is 0 Å². The minimum Gasteiger partial charge on any atom is -0.278 e. The lowest BCUT2D eigenvalue weighted by Crippen LogP contribution is -2.24. The molecule has 0 spiro atoms. The molecule has 0 bridgehead atoms. The van der Waals surface area contributed by atoms with E-state index in [1.54, 1.807) is 6.07 Å². The summed E-state index contributed by atoms with van der Waals surface area (Å²) in [6.45, 7) is 0. The molecule has 2 aromatic carbocycles. The molecule has 2 aromatic rings. The first-order chi connectivity index (χ1) is 6.68. The standard InChI is InChI=1S/C10H7NO2S/c12-14(13)10-8-4-2-1-3-7(8)5-6-9(10)11-14/h1-6,11H. The number of hydrogen-bond donors (Lipinski definition) is 1. The molecule has 4 heteroatoms. The van der Waals surface area contributed by atoms with Crippen LogP contribution < -0.4 is 4.72 Å². The zero-order valence-corrected chi connectivity index (χ0v) is 8.01. The van der Waals surface area contributed by atoms with Crippen LogP contribution in [-0.2, 0) is 10.0 Å². The smallest absolute Gasteiger partial charge is 0.264 e. The number of rotatable bonds is 0. The first-order valence-corrected chi connectivity index (χ1v) is 5.71. The summed E-state index contributed by atoms with van der Waals surface area (Å²) in [6.07, 6.45) is 0. The SMILES string of the molecule is O=S1(=O)Nc2ccc3ccccc3c21. The topological polar surface area (TPSA) is 46.2 Å². The summed E-state index contributed by atoms with van der Waals surface area (Å²) < 4.78 is 25.3. The predicted molar refractivity (Wildman–Crippen MR) is 54.8 cm³/mol. The van der Waals surface area contributed by atoms with Crippen molar-refractivity contribution in [3.05, 3.63) is 36.4 Å². The molecule has 1 aliphatic heterocycles. The van der Waals surface area contributed by atoms with E-state index in [9.17, 15) is 8.42 Å². The first kappa shape index (κ1) is 7.82. The third-order valence-corrected chi connectivity index (χ3v) is 3.86. The molecule has 3 nitrogen and oxygen atoms in total. The van der Waals surface area contributed by atoms with Crippen molar-refractivity contribution < 1.29 is 8.42 Å². The normalized spacial score (nSPS) is 16.9. The van der Waals surface area contributed by atoms with Gasteiger partial charge in [-0.3, -0.25) is 4.72 Å². The summed E-state index contributed by atoms with van der Waals surface area (Å²) in [4.78, 5) is 0.426. The number of fused-ring (bicyclic) bond motifs is 3. The van der Waals surface area contributed by atoms with Crippen LogP contribution in [0.25, 0.3) is 10.8 Å². The average molecular weight is 205 g/mol. The molecule has 3 rings (SSSR count). The van der Waals surface area contributed by atoms with Crippen LogP contribution in [0.15, 0.2) is 41.3 Å². The van der Waals surface area contributed by atoms with Gasteiger partial charge in [-0.25, -0.2) is 8.42 Å². The molecule has 1 aliphatic rings. The molecular weight excluding hydrogens is 198 g/mol. The van der Waals surface area contributed by atoms with Crippen molar-refractivity contribution in [2.75, 3.05) is 4.72 Å². The van der Waals surface area contributed by atoms with Gasteiger partial charge in [0.15, 0.2) is 0 Å². The molecule has 0 saturated heterocycles. The lowest BCUT2D eigenvalue weighted by Gasteiger charge is -2.22. The largest absolute Gasteiger partial charge is 0.278 e. The number of benzene rings is 2. The summed E-state index contributed by atoms with van der Waals surface area (Å²) >= 11 is 0. The highest BCUT2D eigenvalue weighted by molar-refractivity contribution is 7.94. The van der Waals surface area contributed by atoms with Gasteiger partial charge in [-0.2, -0.15) is 0 Å². The maximum Gasteiger partial charge on any atom is 0.264 e. The summed E-state index contributed by atoms with van der Waals surface area (Å²) in [6, 6.07) is 11.2. The third-order valence-electron chi connectivity index (χ3n) is 2.39. The lowest BCUT2D eigenvalue weighted by atomic mass is 10.1. The third kappa shape index (κ3) is 0.834. The minimum absolute atomic E-state index is 0.426. The van der Waals surface area contributed by atoms with Crippen LogP contribution >= 0.6 is 0 Å². The van der Waals surface area contributed by atoms with E-state index in [0.29, 0.717) is 10.6 Å². The molecule has 0 saturated carbocycles. The van der Waals surface area contributed by atoms with Gasteiger partial charge in [0.25, 0.3) is 10.0 Å². The highest BCUT2D eigenvalue weighted by Crippen LogP contribution is 2.38. The molecule has 1 heterocycles. The molecular formula is C10H7NO2S. The van der Waals surface area contributed by atoms with Crippen LogP contribution in [0.3, 0.4) is 0 Å². The fraction of sp³-hybridized carbons (Fsp3) is 0. The van der Waals surface area contributed by atoms with E-state index in [2.05, 4.69) is 4.72 Å². The second-order valence-electron chi connectivity index (χ2n) is 3.27. The lowest BCUT2D eigenvalue weighted by molar-refractivity contribution is 0.598. The van der Waals surface area contributed by atoms with Crippen LogP contribution in [-0.4, -0.2) is 8.42 Å². The van der Waals surface area contributed by atoms with E-state index in [1.807, 2.05) is 30.3 Å². The Balaban J connectivity index is 2.55. The summed E-state index contributed by atoms with van der Waals surface area (Å²) in [5.74, 6) is 0. The zero-order chi connectivity index (χ0) is 9.76. The molecule has 0 unspecified atom stereocenters. The molecule has 14 heavy (non-hydrogen) atoms. The van der Waals surface area contributed by atoms with E-state index in [4.69, 9.17) is 0 Å². The Kier molecular flexibility index (Phi) is 1.27. The van der Waals surface area contributed by atoms with Gasteiger partial charge in [-0.15, -0.1) is 0 Å². The van der Waals surface area contributed by atoms with Gasteiger partial charge in [0.05, 0.1) is 5.69 Å². The predicted octanol–water partition coefficient (Wildman–Crippen LogP) is 1.95. The molecule has 0 aliphatic carbocycles. The van der Waals surface area contributed by atoms with E-state index >= 15 is 0 Å². The van der Waals surface area contributed by atoms with Gasteiger partial charge < -0.3 is 0 Å². The minimum atomic E-state index is -3.22. The van der Waals surface area contributed by atoms with Crippen LogP contribution in [0.1, 0.15) is 0 Å². The van der Waals surface area contributed by atoms with Crippen molar-refractivity contribution in [2.45, 2.75) is 4.90 Å². The second kappa shape index (κ2) is 2.27. The van der Waals surface area contributed by atoms with Crippen molar-refractivity contribution in [2.24, 2.45) is 0 Å². The van der Waals surface area contributed by atoms with Gasteiger partial charge in [0.1, 0.15) is 4.90 Å². The van der Waals surface area contributed by atoms with E-state index < -0.39 is 10.0 Å². The first-order valence-electron chi connectivity index (χ1n) is 4.23. The van der Waals surface area contributed by atoms with Gasteiger partial charge in [-0.05, 0) is 11.5 Å². The van der Waals surface area contributed by atoms with Crippen molar-refractivity contribution in [3.63, 3.8) is 0 Å². The van der Waals surface area contributed by atoms with Gasteiger partial charge in [0, 0.05) is 5.39 Å². The number of hydrogen-bond acceptors (Lipinski definition) is 2. The Morgan fingerprint density at radius 3 is 2.57 bits per heavy atom. The van der Waals surface area contributed by atoms with Crippen molar-refractivity contribution in [1.29, 1.82) is 0 Å². The molecule has 0 radical (unpaired) electrons. The quantitative estimate of drug-likeness (QED) is 0.714. The highest BCUT2D eigenvalue weighted by Gasteiger charge is 2.31. The summed E-state index contributed by atoms with van der Waals surface area (Å²) in [5.41, 5.74) is 0.698. The van der Waals surface area contributed by atoms with Gasteiger partial charge in [-0.1, -0.05) is 30.3 Å². The van der Waals surface area contributed by atoms with Crippen molar-refractivity contribution >= 4 is 26.5 Å². The number of nitrogens with one attached hydrogen (secondary N) is 1. The van der Waals surface area contributed by atoms with E-state index in [0.717, 1.165) is 10.8 Å². The highest BCUT2D eigenvalue weighted by atomic mass is 32.2. The molecule has 0 amide bonds. The fourth-order valence-electron chi connectivity index (χ4n) is 1.76. The Hall–Kier alpha value is -1.55. The molecule has 70 valence electrons. The molecule has 0 atom stereocenters. The Morgan fingerprint density at radius 1 is 1.00 bits per heavy atom. The summed E-state index contributed by atoms with van der Waals surface area (Å²) in [7, 11) is -3.22. The van der Waals surface area contributed by atoms with Crippen LogP contribution in [0, 0.1) is 0 Å².